The van der Waals surface area contributed by atoms with Crippen LogP contribution in [0.1, 0.15) is 16.8 Å². The number of pyridine rings is 1. The predicted molar refractivity (Wildman–Crippen MR) is 71.5 cm³/mol. The molecule has 0 atom stereocenters. The van der Waals surface area contributed by atoms with Crippen LogP contribution >= 0.6 is 11.6 Å². The first-order chi connectivity index (χ1) is 9.16. The molecule has 0 saturated carbocycles. The van der Waals surface area contributed by atoms with E-state index in [1.165, 1.54) is 12.3 Å². The minimum atomic E-state index is -1.04. The fourth-order valence-corrected chi connectivity index (χ4v) is 1.81. The van der Waals surface area contributed by atoms with Crippen molar-refractivity contribution >= 4 is 23.4 Å². The third-order valence-electron chi connectivity index (χ3n) is 2.53. The van der Waals surface area contributed by atoms with Gasteiger partial charge in [0.2, 0.25) is 0 Å². The molecule has 0 radical (unpaired) electrons. The lowest BCUT2D eigenvalue weighted by atomic mass is 10.3. The number of aryl methyl sites for hydroxylation is 1. The second-order valence-electron chi connectivity index (χ2n) is 3.94. The molecule has 0 bridgehead atoms. The Morgan fingerprint density at radius 1 is 1.53 bits per heavy atom. The van der Waals surface area contributed by atoms with Gasteiger partial charge in [-0.15, -0.1) is 0 Å². The van der Waals surface area contributed by atoms with Crippen molar-refractivity contribution in [2.45, 2.75) is 13.0 Å². The molecule has 100 valence electrons. The van der Waals surface area contributed by atoms with Gasteiger partial charge in [-0.1, -0.05) is 11.6 Å². The highest BCUT2D eigenvalue weighted by Gasteiger charge is 2.07. The molecule has 2 N–H and O–H groups in total. The molecule has 19 heavy (non-hydrogen) atoms. The summed E-state index contributed by atoms with van der Waals surface area (Å²) in [5.41, 5.74) is 0.0777. The average Bonchev–Trinajstić information content (AvgIpc) is 2.89. The Morgan fingerprint density at radius 2 is 2.37 bits per heavy atom. The Bertz CT molecular complexity index is 557. The van der Waals surface area contributed by atoms with Crippen LogP contribution in [0.5, 0.6) is 0 Å². The van der Waals surface area contributed by atoms with Gasteiger partial charge in [0, 0.05) is 31.7 Å². The summed E-state index contributed by atoms with van der Waals surface area (Å²) in [5, 5.41) is 12.2. The number of anilines is 1. The van der Waals surface area contributed by atoms with E-state index in [1.54, 1.807) is 12.5 Å². The second kappa shape index (κ2) is 6.19. The number of imidazole rings is 1. The van der Waals surface area contributed by atoms with Crippen LogP contribution in [0.15, 0.2) is 31.0 Å². The minimum absolute atomic E-state index is 0.0777. The normalized spacial score (nSPS) is 10.4. The molecule has 0 unspecified atom stereocenters. The van der Waals surface area contributed by atoms with Gasteiger partial charge in [-0.25, -0.2) is 14.8 Å². The number of carboxylic acids is 1. The van der Waals surface area contributed by atoms with Crippen molar-refractivity contribution < 1.29 is 9.90 Å². The van der Waals surface area contributed by atoms with E-state index < -0.39 is 5.97 Å². The molecule has 2 aromatic rings. The molecule has 2 heterocycles. The number of nitrogens with one attached hydrogen (secondary N) is 1. The van der Waals surface area contributed by atoms with Gasteiger partial charge < -0.3 is 15.0 Å². The van der Waals surface area contributed by atoms with Gasteiger partial charge in [0.05, 0.1) is 16.9 Å². The topological polar surface area (TPSA) is 80.0 Å². The average molecular weight is 281 g/mol. The summed E-state index contributed by atoms with van der Waals surface area (Å²) >= 11 is 5.95. The maximum atomic E-state index is 10.7. The summed E-state index contributed by atoms with van der Waals surface area (Å²) in [5.74, 6) is -0.543. The first-order valence-electron chi connectivity index (χ1n) is 5.75. The molecule has 0 aliphatic heterocycles. The highest BCUT2D eigenvalue weighted by atomic mass is 35.5. The van der Waals surface area contributed by atoms with Crippen LogP contribution in [0.2, 0.25) is 5.02 Å². The fraction of sp³-hybridized carbons (Fsp3) is 0.250. The van der Waals surface area contributed by atoms with E-state index in [1.807, 2.05) is 10.8 Å². The standard InChI is InChI=1S/C12H13ClN4O2/c13-10-6-9(12(18)19)7-16-11(10)15-2-1-4-17-5-3-14-8-17/h3,5-8H,1-2,4H2,(H,15,16)(H,18,19). The van der Waals surface area contributed by atoms with E-state index in [0.29, 0.717) is 17.4 Å². The second-order valence-corrected chi connectivity index (χ2v) is 4.35. The van der Waals surface area contributed by atoms with Gasteiger partial charge >= 0.3 is 5.97 Å². The number of aromatic nitrogens is 3. The molecular weight excluding hydrogens is 268 g/mol. The molecule has 0 amide bonds. The number of aromatic carboxylic acids is 1. The Labute approximate surface area is 115 Å². The number of rotatable bonds is 6. The van der Waals surface area contributed by atoms with Crippen molar-refractivity contribution in [3.63, 3.8) is 0 Å². The summed E-state index contributed by atoms with van der Waals surface area (Å²) in [4.78, 5) is 18.7. The lowest BCUT2D eigenvalue weighted by molar-refractivity contribution is 0.0696. The number of hydrogen-bond acceptors (Lipinski definition) is 4. The summed E-state index contributed by atoms with van der Waals surface area (Å²) in [6.07, 6.45) is 7.55. The number of hydrogen-bond donors (Lipinski definition) is 2. The molecular formula is C12H13ClN4O2. The molecule has 2 aromatic heterocycles. The number of halogens is 1. The first kappa shape index (κ1) is 13.4. The molecule has 7 heteroatoms. The fourth-order valence-electron chi connectivity index (χ4n) is 1.57. The molecule has 0 aromatic carbocycles. The van der Waals surface area contributed by atoms with E-state index in [9.17, 15) is 4.79 Å². The third kappa shape index (κ3) is 3.69. The highest BCUT2D eigenvalue weighted by Crippen LogP contribution is 2.19. The highest BCUT2D eigenvalue weighted by molar-refractivity contribution is 6.33. The Kier molecular flexibility index (Phi) is 4.35. The Morgan fingerprint density at radius 3 is 3.00 bits per heavy atom. The van der Waals surface area contributed by atoms with Crippen LogP contribution in [-0.4, -0.2) is 32.2 Å². The summed E-state index contributed by atoms with van der Waals surface area (Å²) in [7, 11) is 0. The van der Waals surface area contributed by atoms with Crippen molar-refractivity contribution in [2.75, 3.05) is 11.9 Å². The SMILES string of the molecule is O=C(O)c1cnc(NCCCn2ccnc2)c(Cl)c1. The van der Waals surface area contributed by atoms with Gasteiger partial charge in [-0.3, -0.25) is 0 Å². The van der Waals surface area contributed by atoms with Gasteiger partial charge in [0.15, 0.2) is 0 Å². The zero-order valence-electron chi connectivity index (χ0n) is 10.1. The van der Waals surface area contributed by atoms with Gasteiger partial charge in [-0.2, -0.15) is 0 Å². The van der Waals surface area contributed by atoms with Gasteiger partial charge in [-0.05, 0) is 12.5 Å². The van der Waals surface area contributed by atoms with E-state index in [2.05, 4.69) is 15.3 Å². The lowest BCUT2D eigenvalue weighted by Gasteiger charge is -2.08. The van der Waals surface area contributed by atoms with Crippen molar-refractivity contribution in [1.29, 1.82) is 0 Å². The maximum absolute atomic E-state index is 10.7. The molecule has 0 aliphatic carbocycles. The lowest BCUT2D eigenvalue weighted by Crippen LogP contribution is -2.08. The van der Waals surface area contributed by atoms with Crippen LogP contribution < -0.4 is 5.32 Å². The molecule has 0 spiro atoms. The van der Waals surface area contributed by atoms with E-state index in [4.69, 9.17) is 16.7 Å². The smallest absolute Gasteiger partial charge is 0.337 e. The number of carboxylic acid groups (broad SMARTS) is 1. The summed E-state index contributed by atoms with van der Waals surface area (Å²) in [6, 6.07) is 1.38. The Hall–Kier alpha value is -2.08. The van der Waals surface area contributed by atoms with Crippen LogP contribution in [0.3, 0.4) is 0 Å². The van der Waals surface area contributed by atoms with Gasteiger partial charge in [0.1, 0.15) is 5.82 Å². The first-order valence-corrected chi connectivity index (χ1v) is 6.13. The quantitative estimate of drug-likeness (QED) is 0.793. The number of nitrogens with zero attached hydrogens (tertiary/aromatic N) is 3. The van der Waals surface area contributed by atoms with E-state index >= 15 is 0 Å². The molecule has 2 rings (SSSR count). The minimum Gasteiger partial charge on any atom is -0.478 e. The van der Waals surface area contributed by atoms with Crippen LogP contribution in [-0.2, 0) is 6.54 Å². The van der Waals surface area contributed by atoms with E-state index in [-0.39, 0.29) is 5.56 Å². The van der Waals surface area contributed by atoms with Crippen molar-refractivity contribution in [1.82, 2.24) is 14.5 Å². The number of carbonyl (C=O) groups is 1. The molecule has 0 aliphatic rings. The predicted octanol–water partition coefficient (Wildman–Crippen LogP) is 2.13. The van der Waals surface area contributed by atoms with Crippen LogP contribution in [0.25, 0.3) is 0 Å². The van der Waals surface area contributed by atoms with Crippen molar-refractivity contribution in [2.24, 2.45) is 0 Å². The molecule has 0 fully saturated rings. The monoisotopic (exact) mass is 280 g/mol. The van der Waals surface area contributed by atoms with Crippen molar-refractivity contribution in [3.8, 4) is 0 Å². The Balaban J connectivity index is 1.84. The molecule has 6 nitrogen and oxygen atoms in total. The largest absolute Gasteiger partial charge is 0.478 e. The third-order valence-corrected chi connectivity index (χ3v) is 2.82. The maximum Gasteiger partial charge on any atom is 0.337 e. The van der Waals surface area contributed by atoms with Crippen LogP contribution in [0, 0.1) is 0 Å². The zero-order chi connectivity index (χ0) is 13.7. The van der Waals surface area contributed by atoms with Crippen LogP contribution in [0.4, 0.5) is 5.82 Å². The molecule has 0 saturated heterocycles. The zero-order valence-corrected chi connectivity index (χ0v) is 10.8. The van der Waals surface area contributed by atoms with E-state index in [0.717, 1.165) is 13.0 Å². The summed E-state index contributed by atoms with van der Waals surface area (Å²) < 4.78 is 1.98. The summed E-state index contributed by atoms with van der Waals surface area (Å²) in [6.45, 7) is 1.54. The van der Waals surface area contributed by atoms with Gasteiger partial charge in [0.25, 0.3) is 0 Å². The van der Waals surface area contributed by atoms with Crippen molar-refractivity contribution in [3.05, 3.63) is 41.6 Å².